The van der Waals surface area contributed by atoms with E-state index in [1.807, 2.05) is 36.4 Å². The molecule has 0 atom stereocenters. The highest BCUT2D eigenvalue weighted by Gasteiger charge is 2.05. The number of aryl methyl sites for hydroxylation is 1. The molecular weight excluding hydrogens is 316 g/mol. The molecule has 0 aliphatic carbocycles. The Morgan fingerprint density at radius 1 is 1.12 bits per heavy atom. The maximum absolute atomic E-state index is 12.1. The monoisotopic (exact) mass is 336 g/mol. The van der Waals surface area contributed by atoms with Crippen molar-refractivity contribution < 1.29 is 13.9 Å². The fraction of sp³-hybridized carbons (Fsp3) is 0.200. The van der Waals surface area contributed by atoms with Crippen LogP contribution in [-0.4, -0.2) is 18.0 Å². The van der Waals surface area contributed by atoms with Gasteiger partial charge in [0.2, 0.25) is 5.91 Å². The van der Waals surface area contributed by atoms with Crippen molar-refractivity contribution in [3.8, 4) is 16.9 Å². The number of nitrogens with one attached hydrogen (secondary N) is 1. The van der Waals surface area contributed by atoms with Gasteiger partial charge in [0.05, 0.1) is 19.6 Å². The minimum absolute atomic E-state index is 0.0181. The topological polar surface area (TPSA) is 64.4 Å². The van der Waals surface area contributed by atoms with E-state index in [0.29, 0.717) is 19.4 Å². The van der Waals surface area contributed by atoms with Crippen molar-refractivity contribution in [3.05, 3.63) is 72.4 Å². The number of pyridine rings is 1. The van der Waals surface area contributed by atoms with E-state index in [4.69, 9.17) is 9.15 Å². The third-order valence-corrected chi connectivity index (χ3v) is 3.94. The van der Waals surface area contributed by atoms with Crippen molar-refractivity contribution in [3.63, 3.8) is 0 Å². The van der Waals surface area contributed by atoms with Gasteiger partial charge < -0.3 is 14.5 Å². The van der Waals surface area contributed by atoms with Crippen LogP contribution in [0.4, 0.5) is 0 Å². The molecule has 3 aromatic rings. The highest BCUT2D eigenvalue weighted by Crippen LogP contribution is 2.19. The maximum Gasteiger partial charge on any atom is 0.220 e. The Labute approximate surface area is 146 Å². The van der Waals surface area contributed by atoms with E-state index in [1.165, 1.54) is 0 Å². The standard InChI is InChI=1S/C20H20N2O3/c1-24-19-5-2-15(3-6-19)4-7-20(23)22-12-16-10-18(13-21-11-16)17-8-9-25-14-17/h2-3,5-6,8-11,13-14H,4,7,12H2,1H3,(H,22,23). The van der Waals surface area contributed by atoms with Gasteiger partial charge in [-0.2, -0.15) is 0 Å². The van der Waals surface area contributed by atoms with Gasteiger partial charge in [-0.05, 0) is 41.8 Å². The number of carbonyl (C=O) groups excluding carboxylic acids is 1. The number of hydrogen-bond donors (Lipinski definition) is 1. The molecule has 25 heavy (non-hydrogen) atoms. The van der Waals surface area contributed by atoms with Crippen LogP contribution < -0.4 is 10.1 Å². The van der Waals surface area contributed by atoms with Crippen molar-refractivity contribution in [1.82, 2.24) is 10.3 Å². The summed E-state index contributed by atoms with van der Waals surface area (Å²) in [6, 6.07) is 11.6. The number of furan rings is 1. The normalized spacial score (nSPS) is 10.4. The molecule has 2 heterocycles. The van der Waals surface area contributed by atoms with Crippen molar-refractivity contribution in [2.45, 2.75) is 19.4 Å². The van der Waals surface area contributed by atoms with Crippen LogP contribution in [0.3, 0.4) is 0 Å². The molecule has 1 N–H and O–H groups in total. The third kappa shape index (κ3) is 4.70. The number of amides is 1. The summed E-state index contributed by atoms with van der Waals surface area (Å²) in [5.74, 6) is 0.836. The molecule has 1 aromatic carbocycles. The zero-order valence-corrected chi connectivity index (χ0v) is 14.1. The first-order valence-electron chi connectivity index (χ1n) is 8.11. The second kappa shape index (κ2) is 8.15. The number of carbonyl (C=O) groups is 1. The Kier molecular flexibility index (Phi) is 5.46. The lowest BCUT2D eigenvalue weighted by atomic mass is 10.1. The van der Waals surface area contributed by atoms with Crippen molar-refractivity contribution in [2.24, 2.45) is 0 Å². The first-order chi connectivity index (χ1) is 12.2. The molecule has 3 rings (SSSR count). The number of ether oxygens (including phenoxy) is 1. The molecular formula is C20H20N2O3. The summed E-state index contributed by atoms with van der Waals surface area (Å²) in [7, 11) is 1.64. The van der Waals surface area contributed by atoms with Crippen LogP contribution in [0.5, 0.6) is 5.75 Å². The summed E-state index contributed by atoms with van der Waals surface area (Å²) in [6.45, 7) is 0.458. The van der Waals surface area contributed by atoms with Gasteiger partial charge in [0.25, 0.3) is 0 Å². The predicted octanol–water partition coefficient (Wildman–Crippen LogP) is 3.60. The first-order valence-corrected chi connectivity index (χ1v) is 8.11. The van der Waals surface area contributed by atoms with Crippen LogP contribution >= 0.6 is 0 Å². The average molecular weight is 336 g/mol. The number of hydrogen-bond acceptors (Lipinski definition) is 4. The lowest BCUT2D eigenvalue weighted by Crippen LogP contribution is -2.23. The molecule has 0 bridgehead atoms. The first kappa shape index (κ1) is 16.8. The van der Waals surface area contributed by atoms with Crippen molar-refractivity contribution in [1.29, 1.82) is 0 Å². The van der Waals surface area contributed by atoms with E-state index in [1.54, 1.807) is 32.0 Å². The molecule has 5 nitrogen and oxygen atoms in total. The van der Waals surface area contributed by atoms with Gasteiger partial charge in [-0.15, -0.1) is 0 Å². The van der Waals surface area contributed by atoms with Gasteiger partial charge in [0.1, 0.15) is 5.75 Å². The summed E-state index contributed by atoms with van der Waals surface area (Å²) in [6.07, 6.45) is 7.98. The number of rotatable bonds is 7. The Morgan fingerprint density at radius 3 is 2.68 bits per heavy atom. The highest BCUT2D eigenvalue weighted by molar-refractivity contribution is 5.76. The van der Waals surface area contributed by atoms with Gasteiger partial charge in [-0.25, -0.2) is 0 Å². The lowest BCUT2D eigenvalue weighted by molar-refractivity contribution is -0.121. The van der Waals surface area contributed by atoms with Crippen LogP contribution in [0.25, 0.3) is 11.1 Å². The molecule has 0 spiro atoms. The van der Waals surface area contributed by atoms with Crippen molar-refractivity contribution in [2.75, 3.05) is 7.11 Å². The number of benzene rings is 1. The van der Waals surface area contributed by atoms with Gasteiger partial charge in [0, 0.05) is 36.5 Å². The van der Waals surface area contributed by atoms with E-state index < -0.39 is 0 Å². The van der Waals surface area contributed by atoms with Gasteiger partial charge in [-0.3, -0.25) is 9.78 Å². The molecule has 0 aliphatic rings. The molecule has 5 heteroatoms. The summed E-state index contributed by atoms with van der Waals surface area (Å²) in [5.41, 5.74) is 4.01. The summed E-state index contributed by atoms with van der Waals surface area (Å²) in [4.78, 5) is 16.3. The Hall–Kier alpha value is -3.08. The van der Waals surface area contributed by atoms with Crippen molar-refractivity contribution >= 4 is 5.91 Å². The van der Waals surface area contributed by atoms with Crippen LogP contribution in [0.15, 0.2) is 65.7 Å². The van der Waals surface area contributed by atoms with E-state index in [2.05, 4.69) is 10.3 Å². The minimum Gasteiger partial charge on any atom is -0.497 e. The number of methoxy groups -OCH3 is 1. The highest BCUT2D eigenvalue weighted by atomic mass is 16.5. The molecule has 0 saturated heterocycles. The van der Waals surface area contributed by atoms with E-state index in [0.717, 1.165) is 28.0 Å². The molecule has 2 aromatic heterocycles. The molecule has 0 fully saturated rings. The van der Waals surface area contributed by atoms with E-state index in [-0.39, 0.29) is 5.91 Å². The molecule has 0 saturated carbocycles. The third-order valence-electron chi connectivity index (χ3n) is 3.94. The minimum atomic E-state index is 0.0181. The quantitative estimate of drug-likeness (QED) is 0.716. The number of aromatic nitrogens is 1. The number of nitrogens with zero attached hydrogens (tertiary/aromatic N) is 1. The smallest absolute Gasteiger partial charge is 0.220 e. The predicted molar refractivity (Wildman–Crippen MR) is 95.1 cm³/mol. The summed E-state index contributed by atoms with van der Waals surface area (Å²) in [5, 5.41) is 2.94. The van der Waals surface area contributed by atoms with Gasteiger partial charge in [0.15, 0.2) is 0 Å². The van der Waals surface area contributed by atoms with Crippen LogP contribution in [-0.2, 0) is 17.8 Å². The molecule has 1 amide bonds. The van der Waals surface area contributed by atoms with Gasteiger partial charge >= 0.3 is 0 Å². The van der Waals surface area contributed by atoms with Crippen LogP contribution in [0.2, 0.25) is 0 Å². The van der Waals surface area contributed by atoms with Crippen LogP contribution in [0.1, 0.15) is 17.5 Å². The zero-order chi connectivity index (χ0) is 17.5. The molecule has 0 radical (unpaired) electrons. The second-order valence-corrected chi connectivity index (χ2v) is 5.72. The molecule has 0 aliphatic heterocycles. The summed E-state index contributed by atoms with van der Waals surface area (Å²) < 4.78 is 10.2. The van der Waals surface area contributed by atoms with Crippen LogP contribution in [0, 0.1) is 0 Å². The fourth-order valence-corrected chi connectivity index (χ4v) is 2.51. The lowest BCUT2D eigenvalue weighted by Gasteiger charge is -2.07. The largest absolute Gasteiger partial charge is 0.497 e. The average Bonchev–Trinajstić information content (AvgIpc) is 3.20. The second-order valence-electron chi connectivity index (χ2n) is 5.72. The Morgan fingerprint density at radius 2 is 1.96 bits per heavy atom. The van der Waals surface area contributed by atoms with E-state index >= 15 is 0 Å². The molecule has 0 unspecified atom stereocenters. The van der Waals surface area contributed by atoms with Gasteiger partial charge in [-0.1, -0.05) is 12.1 Å². The summed E-state index contributed by atoms with van der Waals surface area (Å²) >= 11 is 0. The van der Waals surface area contributed by atoms with E-state index in [9.17, 15) is 4.79 Å². The molecule has 128 valence electrons. The Balaban J connectivity index is 1.49. The maximum atomic E-state index is 12.1. The Bertz CT molecular complexity index is 811. The zero-order valence-electron chi connectivity index (χ0n) is 14.1. The SMILES string of the molecule is COc1ccc(CCC(=O)NCc2cncc(-c3ccoc3)c2)cc1. The fourth-order valence-electron chi connectivity index (χ4n) is 2.51.